The van der Waals surface area contributed by atoms with Gasteiger partial charge in [-0.15, -0.1) is 0 Å². The second kappa shape index (κ2) is 5.46. The Morgan fingerprint density at radius 3 is 2.95 bits per heavy atom. The summed E-state index contributed by atoms with van der Waals surface area (Å²) in [6, 6.07) is 6.28. The highest BCUT2D eigenvalue weighted by Crippen LogP contribution is 2.33. The predicted octanol–water partition coefficient (Wildman–Crippen LogP) is 3.69. The number of carbonyl (C=O) groups excluding carboxylic acids is 1. The van der Waals surface area contributed by atoms with E-state index in [0.717, 1.165) is 37.4 Å². The molecule has 1 N–H and O–H groups in total. The van der Waals surface area contributed by atoms with Crippen molar-refractivity contribution in [2.24, 2.45) is 11.8 Å². The number of fused-ring (bicyclic) bond motifs is 1. The maximum Gasteiger partial charge on any atom is 0.165 e. The SMILES string of the molecule is CCC1CCCC(C(=O)c2ccc3c(c2)CNC3)C1. The van der Waals surface area contributed by atoms with Crippen molar-refractivity contribution in [1.82, 2.24) is 5.32 Å². The lowest BCUT2D eigenvalue weighted by atomic mass is 9.77. The highest BCUT2D eigenvalue weighted by atomic mass is 16.1. The molecule has 2 atom stereocenters. The molecule has 0 amide bonds. The van der Waals surface area contributed by atoms with Crippen molar-refractivity contribution < 1.29 is 4.79 Å². The Hall–Kier alpha value is -1.15. The molecule has 2 aliphatic rings. The third kappa shape index (κ3) is 2.59. The second-order valence-corrected chi connectivity index (χ2v) is 6.09. The fourth-order valence-electron chi connectivity index (χ4n) is 3.58. The Kier molecular flexibility index (Phi) is 3.69. The van der Waals surface area contributed by atoms with Crippen LogP contribution in [-0.4, -0.2) is 5.78 Å². The van der Waals surface area contributed by atoms with E-state index in [1.54, 1.807) is 0 Å². The first-order valence-electron chi connectivity index (χ1n) is 7.64. The fourth-order valence-corrected chi connectivity index (χ4v) is 3.58. The number of hydrogen-bond donors (Lipinski definition) is 1. The molecule has 1 aromatic carbocycles. The normalized spacial score (nSPS) is 26.2. The quantitative estimate of drug-likeness (QED) is 0.837. The second-order valence-electron chi connectivity index (χ2n) is 6.09. The first kappa shape index (κ1) is 12.9. The van der Waals surface area contributed by atoms with Gasteiger partial charge in [-0.3, -0.25) is 4.79 Å². The van der Waals surface area contributed by atoms with Crippen LogP contribution in [0.2, 0.25) is 0 Å². The van der Waals surface area contributed by atoms with Gasteiger partial charge in [0.2, 0.25) is 0 Å². The van der Waals surface area contributed by atoms with Crippen LogP contribution in [0.3, 0.4) is 0 Å². The van der Waals surface area contributed by atoms with Gasteiger partial charge in [-0.25, -0.2) is 0 Å². The van der Waals surface area contributed by atoms with Crippen LogP contribution in [0.25, 0.3) is 0 Å². The van der Waals surface area contributed by atoms with Crippen LogP contribution in [0.15, 0.2) is 18.2 Å². The summed E-state index contributed by atoms with van der Waals surface area (Å²) in [7, 11) is 0. The molecule has 1 saturated carbocycles. The summed E-state index contributed by atoms with van der Waals surface area (Å²) in [5.41, 5.74) is 3.60. The molecule has 0 bridgehead atoms. The minimum atomic E-state index is 0.270. The van der Waals surface area contributed by atoms with Gasteiger partial charge in [-0.1, -0.05) is 38.3 Å². The van der Waals surface area contributed by atoms with E-state index in [4.69, 9.17) is 0 Å². The van der Waals surface area contributed by atoms with Crippen molar-refractivity contribution in [3.05, 3.63) is 34.9 Å². The molecule has 3 rings (SSSR count). The summed E-state index contributed by atoms with van der Waals surface area (Å²) in [5, 5.41) is 3.34. The van der Waals surface area contributed by atoms with Gasteiger partial charge in [0.1, 0.15) is 0 Å². The molecule has 1 heterocycles. The van der Waals surface area contributed by atoms with Crippen molar-refractivity contribution in [1.29, 1.82) is 0 Å². The fraction of sp³-hybridized carbons (Fsp3) is 0.588. The summed E-state index contributed by atoms with van der Waals surface area (Å²) in [6.07, 6.45) is 5.95. The lowest BCUT2D eigenvalue weighted by molar-refractivity contribution is 0.0862. The van der Waals surface area contributed by atoms with Gasteiger partial charge in [-0.05, 0) is 36.0 Å². The molecule has 1 aromatic rings. The zero-order chi connectivity index (χ0) is 13.2. The number of hydrogen-bond acceptors (Lipinski definition) is 2. The van der Waals surface area contributed by atoms with Crippen LogP contribution >= 0.6 is 0 Å². The van der Waals surface area contributed by atoms with Crippen LogP contribution in [0.1, 0.15) is 60.5 Å². The lowest BCUT2D eigenvalue weighted by Gasteiger charge is -2.27. The molecule has 0 aromatic heterocycles. The Morgan fingerprint density at radius 2 is 2.11 bits per heavy atom. The number of ketones is 1. The van der Waals surface area contributed by atoms with Crippen LogP contribution < -0.4 is 5.32 Å². The van der Waals surface area contributed by atoms with Gasteiger partial charge in [0.05, 0.1) is 0 Å². The first-order chi connectivity index (χ1) is 9.28. The molecule has 19 heavy (non-hydrogen) atoms. The number of rotatable bonds is 3. The lowest BCUT2D eigenvalue weighted by Crippen LogP contribution is -2.23. The van der Waals surface area contributed by atoms with Crippen molar-refractivity contribution in [2.45, 2.75) is 52.1 Å². The van der Waals surface area contributed by atoms with E-state index < -0.39 is 0 Å². The van der Waals surface area contributed by atoms with Crippen LogP contribution in [0, 0.1) is 11.8 Å². The molecule has 0 saturated heterocycles. The molecule has 0 spiro atoms. The molecule has 102 valence electrons. The number of Topliss-reactive ketones (excluding diaryl/α,β-unsaturated/α-hetero) is 1. The zero-order valence-electron chi connectivity index (χ0n) is 11.7. The van der Waals surface area contributed by atoms with Crippen molar-refractivity contribution in [2.75, 3.05) is 0 Å². The summed E-state index contributed by atoms with van der Waals surface area (Å²) < 4.78 is 0. The average molecular weight is 257 g/mol. The highest BCUT2D eigenvalue weighted by Gasteiger charge is 2.27. The number of nitrogens with one attached hydrogen (secondary N) is 1. The topological polar surface area (TPSA) is 29.1 Å². The van der Waals surface area contributed by atoms with Crippen molar-refractivity contribution in [3.8, 4) is 0 Å². The molecular weight excluding hydrogens is 234 g/mol. The Bertz CT molecular complexity index is 480. The maximum absolute atomic E-state index is 12.6. The van der Waals surface area contributed by atoms with E-state index in [0.29, 0.717) is 5.78 Å². The van der Waals surface area contributed by atoms with E-state index in [2.05, 4.69) is 24.4 Å². The molecule has 2 heteroatoms. The zero-order valence-corrected chi connectivity index (χ0v) is 11.7. The van der Waals surface area contributed by atoms with Gasteiger partial charge in [0.15, 0.2) is 5.78 Å². The molecular formula is C17H23NO. The smallest absolute Gasteiger partial charge is 0.165 e. The number of benzene rings is 1. The molecule has 1 aliphatic carbocycles. The average Bonchev–Trinajstić information content (AvgIpc) is 2.94. The Balaban J connectivity index is 1.76. The van der Waals surface area contributed by atoms with Crippen LogP contribution in [0.4, 0.5) is 0 Å². The van der Waals surface area contributed by atoms with E-state index >= 15 is 0 Å². The third-order valence-corrected chi connectivity index (χ3v) is 4.85. The van der Waals surface area contributed by atoms with Gasteiger partial charge >= 0.3 is 0 Å². The van der Waals surface area contributed by atoms with Gasteiger partial charge < -0.3 is 5.32 Å². The van der Waals surface area contributed by atoms with Crippen LogP contribution in [-0.2, 0) is 13.1 Å². The van der Waals surface area contributed by atoms with E-state index in [1.807, 2.05) is 6.07 Å². The largest absolute Gasteiger partial charge is 0.309 e. The van der Waals surface area contributed by atoms with Crippen LogP contribution in [0.5, 0.6) is 0 Å². The van der Waals surface area contributed by atoms with Gasteiger partial charge in [-0.2, -0.15) is 0 Å². The van der Waals surface area contributed by atoms with E-state index in [9.17, 15) is 4.79 Å². The molecule has 1 fully saturated rings. The van der Waals surface area contributed by atoms with Crippen molar-refractivity contribution >= 4 is 5.78 Å². The summed E-state index contributed by atoms with van der Waals surface area (Å²) >= 11 is 0. The molecule has 2 nitrogen and oxygen atoms in total. The number of carbonyl (C=O) groups is 1. The molecule has 1 aliphatic heterocycles. The summed E-state index contributed by atoms with van der Waals surface area (Å²) in [5.74, 6) is 1.41. The van der Waals surface area contributed by atoms with Crippen molar-refractivity contribution in [3.63, 3.8) is 0 Å². The molecule has 0 radical (unpaired) electrons. The minimum Gasteiger partial charge on any atom is -0.309 e. The minimum absolute atomic E-state index is 0.270. The van der Waals surface area contributed by atoms with Gasteiger partial charge in [0, 0.05) is 24.6 Å². The van der Waals surface area contributed by atoms with E-state index in [-0.39, 0.29) is 5.92 Å². The molecule has 2 unspecified atom stereocenters. The summed E-state index contributed by atoms with van der Waals surface area (Å²) in [4.78, 5) is 12.6. The first-order valence-corrected chi connectivity index (χ1v) is 7.64. The van der Waals surface area contributed by atoms with Gasteiger partial charge in [0.25, 0.3) is 0 Å². The standard InChI is InChI=1S/C17H23NO/c1-2-12-4-3-5-13(8-12)17(19)14-6-7-15-10-18-11-16(15)9-14/h6-7,9,12-13,18H,2-5,8,10-11H2,1H3. The predicted molar refractivity (Wildman–Crippen MR) is 77.1 cm³/mol. The Labute approximate surface area is 115 Å². The maximum atomic E-state index is 12.6. The van der Waals surface area contributed by atoms with E-state index in [1.165, 1.54) is 30.4 Å². The third-order valence-electron chi connectivity index (χ3n) is 4.85. The Morgan fingerprint density at radius 1 is 1.26 bits per heavy atom. The summed E-state index contributed by atoms with van der Waals surface area (Å²) in [6.45, 7) is 4.11. The highest BCUT2D eigenvalue weighted by molar-refractivity contribution is 5.98. The monoisotopic (exact) mass is 257 g/mol.